The van der Waals surface area contributed by atoms with Crippen molar-refractivity contribution in [2.75, 3.05) is 39.5 Å². The molecule has 1 saturated heterocycles. The van der Waals surface area contributed by atoms with Crippen molar-refractivity contribution < 1.29 is 34.1 Å². The van der Waals surface area contributed by atoms with Crippen LogP contribution in [-0.4, -0.2) is 72.2 Å². The number of nitrogens with zero attached hydrogens (tertiary/aromatic N) is 2. The lowest BCUT2D eigenvalue weighted by Crippen LogP contribution is -2.42. The first-order chi connectivity index (χ1) is 15.5. The highest BCUT2D eigenvalue weighted by Gasteiger charge is 2.21. The quantitative estimate of drug-likeness (QED) is 0.417. The number of cyclic esters (lactones) is 1. The van der Waals surface area contributed by atoms with Crippen molar-refractivity contribution in [2.24, 2.45) is 5.16 Å². The smallest absolute Gasteiger partial charge is 0.342 e. The number of rotatable bonds is 3. The van der Waals surface area contributed by atoms with E-state index in [1.165, 1.54) is 6.07 Å². The lowest BCUT2D eigenvalue weighted by Gasteiger charge is -2.26. The Labute approximate surface area is 186 Å². The Morgan fingerprint density at radius 2 is 1.81 bits per heavy atom. The van der Waals surface area contributed by atoms with Crippen molar-refractivity contribution in [2.45, 2.75) is 25.7 Å². The Kier molecular flexibility index (Phi) is 8.68. The Hall–Kier alpha value is -3.33. The van der Waals surface area contributed by atoms with Gasteiger partial charge in [0, 0.05) is 25.6 Å². The van der Waals surface area contributed by atoms with Gasteiger partial charge in [0.05, 0.1) is 25.5 Å². The summed E-state index contributed by atoms with van der Waals surface area (Å²) in [5.41, 5.74) is 0.737. The zero-order valence-electron chi connectivity index (χ0n) is 17.9. The minimum Gasteiger partial charge on any atom is -0.508 e. The number of hydrogen-bond acceptors (Lipinski definition) is 8. The van der Waals surface area contributed by atoms with Gasteiger partial charge < -0.3 is 29.4 Å². The van der Waals surface area contributed by atoms with Gasteiger partial charge in [-0.3, -0.25) is 4.79 Å². The average molecular weight is 444 g/mol. The van der Waals surface area contributed by atoms with Gasteiger partial charge in [0.1, 0.15) is 17.1 Å². The Balaban J connectivity index is 1.80. The number of carbonyl (C=O) groups excluding carboxylic acids is 2. The molecule has 0 aliphatic carbocycles. The highest BCUT2D eigenvalue weighted by Crippen LogP contribution is 2.29. The maximum absolute atomic E-state index is 12.6. The lowest BCUT2D eigenvalue weighted by molar-refractivity contribution is -0.140. The molecule has 0 spiro atoms. The number of morpholine rings is 1. The van der Waals surface area contributed by atoms with Crippen molar-refractivity contribution in [3.63, 3.8) is 0 Å². The van der Waals surface area contributed by atoms with Crippen LogP contribution in [0.25, 0.3) is 0 Å². The van der Waals surface area contributed by atoms with Crippen molar-refractivity contribution in [1.82, 2.24) is 4.90 Å². The number of oxime groups is 1. The second-order valence-electron chi connectivity index (χ2n) is 7.40. The zero-order chi connectivity index (χ0) is 22.8. The van der Waals surface area contributed by atoms with Crippen LogP contribution in [-0.2, 0) is 25.5 Å². The summed E-state index contributed by atoms with van der Waals surface area (Å²) in [7, 11) is 0. The summed E-state index contributed by atoms with van der Waals surface area (Å²) in [6.45, 7) is 1.98. The van der Waals surface area contributed by atoms with Gasteiger partial charge in [-0.1, -0.05) is 23.4 Å². The van der Waals surface area contributed by atoms with E-state index < -0.39 is 5.97 Å². The largest absolute Gasteiger partial charge is 0.508 e. The van der Waals surface area contributed by atoms with Crippen LogP contribution in [0.1, 0.15) is 35.2 Å². The van der Waals surface area contributed by atoms with Crippen LogP contribution >= 0.6 is 0 Å². The number of aromatic hydroxyl groups is 2. The van der Waals surface area contributed by atoms with Gasteiger partial charge in [-0.05, 0) is 37.0 Å². The predicted molar refractivity (Wildman–Crippen MR) is 117 cm³/mol. The third-order valence-electron chi connectivity index (χ3n) is 4.99. The van der Waals surface area contributed by atoms with E-state index in [1.807, 2.05) is 18.2 Å². The standard InChI is InChI=1S/C23H28N2O7/c26-19-14-17-13-18(24-32-16-21(28)25-8-11-30-12-9-25)7-5-3-1-2-4-6-10-31-23(29)22(17)20(27)15-19/h2,4-5,7,14-15,26-27H,1,3,6,8-13,16H2/b4-2+,7-5+,24-18-. The normalized spacial score (nSPS) is 21.2. The molecule has 172 valence electrons. The number of carbonyl (C=O) groups is 2. The first kappa shape index (κ1) is 23.3. The monoisotopic (exact) mass is 444 g/mol. The van der Waals surface area contributed by atoms with Crippen molar-refractivity contribution in [3.8, 4) is 11.5 Å². The molecule has 0 radical (unpaired) electrons. The van der Waals surface area contributed by atoms with Crippen LogP contribution in [0.4, 0.5) is 0 Å². The van der Waals surface area contributed by atoms with Crippen LogP contribution in [0.3, 0.4) is 0 Å². The number of fused-ring (bicyclic) bond motifs is 1. The summed E-state index contributed by atoms with van der Waals surface area (Å²) < 4.78 is 10.5. The van der Waals surface area contributed by atoms with Crippen molar-refractivity contribution in [3.05, 3.63) is 47.6 Å². The number of phenolic OH excluding ortho intramolecular Hbond substituents is 2. The first-order valence-corrected chi connectivity index (χ1v) is 10.6. The Morgan fingerprint density at radius 1 is 1.06 bits per heavy atom. The number of hydrogen-bond donors (Lipinski definition) is 2. The van der Waals surface area contributed by atoms with Gasteiger partial charge in [0.2, 0.25) is 0 Å². The number of allylic oxidation sites excluding steroid dienone is 3. The topological polar surface area (TPSA) is 118 Å². The van der Waals surface area contributed by atoms with E-state index in [1.54, 1.807) is 11.0 Å². The van der Waals surface area contributed by atoms with Gasteiger partial charge in [-0.15, -0.1) is 0 Å². The molecule has 2 aliphatic rings. The molecule has 0 bridgehead atoms. The van der Waals surface area contributed by atoms with Crippen molar-refractivity contribution in [1.29, 1.82) is 0 Å². The van der Waals surface area contributed by atoms with Gasteiger partial charge in [-0.2, -0.15) is 0 Å². The van der Waals surface area contributed by atoms with E-state index in [0.717, 1.165) is 18.9 Å². The molecular formula is C23H28N2O7. The summed E-state index contributed by atoms with van der Waals surface area (Å²) in [5, 5.41) is 24.3. The molecule has 9 heteroatoms. The van der Waals surface area contributed by atoms with E-state index >= 15 is 0 Å². The van der Waals surface area contributed by atoms with Crippen LogP contribution in [0, 0.1) is 0 Å². The molecule has 1 fully saturated rings. The maximum atomic E-state index is 12.6. The molecule has 1 aromatic carbocycles. The molecule has 0 saturated carbocycles. The van der Waals surface area contributed by atoms with E-state index in [4.69, 9.17) is 14.3 Å². The van der Waals surface area contributed by atoms with Crippen molar-refractivity contribution >= 4 is 17.6 Å². The van der Waals surface area contributed by atoms with E-state index in [0.29, 0.717) is 44.0 Å². The summed E-state index contributed by atoms with van der Waals surface area (Å²) in [6.07, 6.45) is 9.83. The van der Waals surface area contributed by atoms with E-state index in [9.17, 15) is 19.8 Å². The molecule has 2 heterocycles. The third-order valence-corrected chi connectivity index (χ3v) is 4.99. The molecule has 32 heavy (non-hydrogen) atoms. The first-order valence-electron chi connectivity index (χ1n) is 10.6. The second kappa shape index (κ2) is 11.9. The summed E-state index contributed by atoms with van der Waals surface area (Å²) >= 11 is 0. The van der Waals surface area contributed by atoms with Gasteiger partial charge in [0.15, 0.2) is 6.61 Å². The second-order valence-corrected chi connectivity index (χ2v) is 7.40. The van der Waals surface area contributed by atoms with Gasteiger partial charge in [0.25, 0.3) is 5.91 Å². The average Bonchev–Trinajstić information content (AvgIpc) is 2.77. The molecular weight excluding hydrogens is 416 g/mol. The number of ether oxygens (including phenoxy) is 2. The highest BCUT2D eigenvalue weighted by atomic mass is 16.6. The van der Waals surface area contributed by atoms with Crippen LogP contribution in [0.5, 0.6) is 11.5 Å². The maximum Gasteiger partial charge on any atom is 0.342 e. The molecule has 0 atom stereocenters. The minimum absolute atomic E-state index is 0.0330. The molecule has 1 aromatic rings. The third kappa shape index (κ3) is 6.84. The predicted octanol–water partition coefficient (Wildman–Crippen LogP) is 2.32. The Morgan fingerprint density at radius 3 is 2.62 bits per heavy atom. The summed E-state index contributed by atoms with van der Waals surface area (Å²) in [5.74, 6) is -1.44. The van der Waals surface area contributed by atoms with Crippen LogP contribution < -0.4 is 0 Å². The van der Waals surface area contributed by atoms with Gasteiger partial charge in [-0.25, -0.2) is 4.79 Å². The van der Waals surface area contributed by atoms with E-state index in [-0.39, 0.29) is 42.6 Å². The number of esters is 1. The van der Waals surface area contributed by atoms with E-state index in [2.05, 4.69) is 5.16 Å². The zero-order valence-corrected chi connectivity index (χ0v) is 17.9. The molecule has 0 unspecified atom stereocenters. The number of amides is 1. The SMILES string of the molecule is O=C1OCC/C=C/CC/C=C/C(=N/OCC(=O)N2CCOCC2)Cc2cc(O)cc(O)c21. The highest BCUT2D eigenvalue weighted by molar-refractivity contribution is 6.00. The molecule has 3 rings (SSSR count). The van der Waals surface area contributed by atoms with Crippen LogP contribution in [0.15, 0.2) is 41.6 Å². The number of benzene rings is 1. The molecule has 1 amide bonds. The fourth-order valence-corrected chi connectivity index (χ4v) is 3.37. The summed E-state index contributed by atoms with van der Waals surface area (Å²) in [4.78, 5) is 31.8. The van der Waals surface area contributed by atoms with Gasteiger partial charge >= 0.3 is 5.97 Å². The molecule has 0 aromatic heterocycles. The lowest BCUT2D eigenvalue weighted by atomic mass is 10.00. The fourth-order valence-electron chi connectivity index (χ4n) is 3.37. The number of phenols is 2. The minimum atomic E-state index is -0.685. The molecule has 2 N–H and O–H groups in total. The molecule has 2 aliphatic heterocycles. The molecule has 9 nitrogen and oxygen atoms in total. The fraction of sp³-hybridized carbons (Fsp3) is 0.435. The van der Waals surface area contributed by atoms with Crippen LogP contribution in [0.2, 0.25) is 0 Å². The Bertz CT molecular complexity index is 902. The summed E-state index contributed by atoms with van der Waals surface area (Å²) in [6, 6.07) is 2.47.